The number of anilines is 1. The zero-order chi connectivity index (χ0) is 20.9. The number of furan rings is 1. The number of carboxylic acid groups (broad SMARTS) is 2. The van der Waals surface area contributed by atoms with Gasteiger partial charge in [-0.3, -0.25) is 0 Å². The molecule has 1 fully saturated rings. The van der Waals surface area contributed by atoms with Gasteiger partial charge in [0.2, 0.25) is 0 Å². The molecule has 0 radical (unpaired) electrons. The molecule has 1 aromatic heterocycles. The van der Waals surface area contributed by atoms with Crippen molar-refractivity contribution in [2.45, 2.75) is 19.1 Å². The summed E-state index contributed by atoms with van der Waals surface area (Å²) >= 11 is 0. The number of nitrogens with zero attached hydrogens (tertiary/aromatic N) is 1. The van der Waals surface area contributed by atoms with E-state index in [0.29, 0.717) is 35.4 Å². The Kier molecular flexibility index (Phi) is 6.68. The number of rotatable bonds is 3. The Bertz CT molecular complexity index is 860. The predicted octanol–water partition coefficient (Wildman–Crippen LogP) is 2.96. The molecule has 2 aromatic rings. The molecule has 3 rings (SSSR count). The van der Waals surface area contributed by atoms with Gasteiger partial charge in [0.1, 0.15) is 0 Å². The highest BCUT2D eigenvalue weighted by atomic mass is 19.4. The molecule has 0 aliphatic carbocycles. The number of hydrogen-bond acceptors (Lipinski definition) is 5. The van der Waals surface area contributed by atoms with Crippen LogP contribution in [0.5, 0.6) is 0 Å². The van der Waals surface area contributed by atoms with Crippen molar-refractivity contribution in [1.82, 2.24) is 5.32 Å². The van der Waals surface area contributed by atoms with Crippen molar-refractivity contribution in [3.63, 3.8) is 0 Å². The molecule has 0 bridgehead atoms. The van der Waals surface area contributed by atoms with E-state index in [9.17, 15) is 22.8 Å². The average Bonchev–Trinajstić information content (AvgIpc) is 3.08. The molecule has 2 heterocycles. The number of benzene rings is 1. The maximum atomic E-state index is 13.0. The van der Waals surface area contributed by atoms with E-state index < -0.39 is 23.7 Å². The number of halogens is 3. The van der Waals surface area contributed by atoms with Gasteiger partial charge >= 0.3 is 18.1 Å². The minimum atomic E-state index is -4.35. The van der Waals surface area contributed by atoms with Gasteiger partial charge in [0, 0.05) is 43.2 Å². The summed E-state index contributed by atoms with van der Waals surface area (Å²) in [4.78, 5) is 21.1. The summed E-state index contributed by atoms with van der Waals surface area (Å²) in [7, 11) is 0. The Morgan fingerprint density at radius 2 is 1.89 bits per heavy atom. The maximum absolute atomic E-state index is 13.0. The van der Waals surface area contributed by atoms with Crippen LogP contribution in [0.15, 0.2) is 41.0 Å². The summed E-state index contributed by atoms with van der Waals surface area (Å²) in [6.45, 7) is 4.15. The first kappa shape index (κ1) is 21.3. The van der Waals surface area contributed by atoms with Crippen LogP contribution in [0.4, 0.5) is 18.9 Å². The lowest BCUT2D eigenvalue weighted by Crippen LogP contribution is -2.50. The van der Waals surface area contributed by atoms with E-state index in [-0.39, 0.29) is 6.04 Å². The fourth-order valence-corrected chi connectivity index (χ4v) is 2.78. The van der Waals surface area contributed by atoms with Crippen molar-refractivity contribution in [3.05, 3.63) is 42.2 Å². The third kappa shape index (κ3) is 5.49. The zero-order valence-corrected chi connectivity index (χ0v) is 14.9. The summed E-state index contributed by atoms with van der Waals surface area (Å²) in [6.07, 6.45) is -1.80. The van der Waals surface area contributed by atoms with Crippen molar-refractivity contribution in [2.75, 3.05) is 24.5 Å². The molecule has 1 aliphatic rings. The Balaban J connectivity index is 0.000000300. The SMILES string of the molecule is C[C@H]1CNCCN1c1cc(C(F)(F)F)cc2ccoc12.O=C(O)C=CC(=O)O. The lowest BCUT2D eigenvalue weighted by Gasteiger charge is -2.36. The number of alkyl halides is 3. The van der Waals surface area contributed by atoms with Gasteiger partial charge in [-0.2, -0.15) is 13.2 Å². The minimum absolute atomic E-state index is 0.125. The molecule has 0 unspecified atom stereocenters. The Labute approximate surface area is 158 Å². The Morgan fingerprint density at radius 3 is 2.43 bits per heavy atom. The monoisotopic (exact) mass is 400 g/mol. The third-order valence-electron chi connectivity index (χ3n) is 4.04. The molecule has 10 heteroatoms. The van der Waals surface area contributed by atoms with Crippen LogP contribution in [0.3, 0.4) is 0 Å². The Hall–Kier alpha value is -3.01. The van der Waals surface area contributed by atoms with E-state index >= 15 is 0 Å². The highest BCUT2D eigenvalue weighted by Crippen LogP contribution is 2.37. The third-order valence-corrected chi connectivity index (χ3v) is 4.04. The number of nitrogens with one attached hydrogen (secondary N) is 1. The van der Waals surface area contributed by atoms with E-state index in [4.69, 9.17) is 14.6 Å². The standard InChI is InChI=1S/C14H15F3N2O.C4H4O4/c1-9-8-18-3-4-19(9)12-7-11(14(15,16)17)6-10-2-5-20-13(10)12;5-3(6)1-2-4(7)8/h2,5-7,9,18H,3-4,8H2,1H3;1-2H,(H,5,6)(H,7,8)/t9-;/m0./s1. The van der Waals surface area contributed by atoms with E-state index in [1.165, 1.54) is 12.3 Å². The summed E-state index contributed by atoms with van der Waals surface area (Å²) in [5.74, 6) is -2.51. The van der Waals surface area contributed by atoms with Gasteiger partial charge in [-0.15, -0.1) is 0 Å². The normalized spacial score (nSPS) is 17.4. The summed E-state index contributed by atoms with van der Waals surface area (Å²) < 4.78 is 44.4. The topological polar surface area (TPSA) is 103 Å². The molecular weight excluding hydrogens is 381 g/mol. The molecule has 7 nitrogen and oxygen atoms in total. The van der Waals surface area contributed by atoms with Gasteiger partial charge in [0.15, 0.2) is 5.58 Å². The van der Waals surface area contributed by atoms with Crippen molar-refractivity contribution >= 4 is 28.6 Å². The van der Waals surface area contributed by atoms with Crippen LogP contribution in [0.1, 0.15) is 12.5 Å². The van der Waals surface area contributed by atoms with Crippen molar-refractivity contribution < 1.29 is 37.4 Å². The van der Waals surface area contributed by atoms with Gasteiger partial charge in [0.05, 0.1) is 17.5 Å². The average molecular weight is 400 g/mol. The van der Waals surface area contributed by atoms with E-state index in [1.54, 1.807) is 6.07 Å². The number of fused-ring (bicyclic) bond motifs is 1. The molecule has 1 atom stereocenters. The smallest absolute Gasteiger partial charge is 0.416 e. The molecule has 3 N–H and O–H groups in total. The summed E-state index contributed by atoms with van der Waals surface area (Å²) in [6, 6.07) is 4.02. The van der Waals surface area contributed by atoms with E-state index in [0.717, 1.165) is 19.2 Å². The molecule has 0 saturated carbocycles. The van der Waals surface area contributed by atoms with Crippen molar-refractivity contribution in [1.29, 1.82) is 0 Å². The van der Waals surface area contributed by atoms with Gasteiger partial charge in [0.25, 0.3) is 0 Å². The molecule has 28 heavy (non-hydrogen) atoms. The van der Waals surface area contributed by atoms with Crippen molar-refractivity contribution in [2.24, 2.45) is 0 Å². The number of hydrogen-bond donors (Lipinski definition) is 3. The molecule has 0 amide bonds. The van der Waals surface area contributed by atoms with Crippen LogP contribution in [0.25, 0.3) is 11.0 Å². The van der Waals surface area contributed by atoms with Gasteiger partial charge < -0.3 is 24.8 Å². The largest absolute Gasteiger partial charge is 0.478 e. The highest BCUT2D eigenvalue weighted by molar-refractivity contribution is 5.91. The van der Waals surface area contributed by atoms with Crippen LogP contribution in [0.2, 0.25) is 0 Å². The zero-order valence-electron chi connectivity index (χ0n) is 14.9. The minimum Gasteiger partial charge on any atom is -0.478 e. The van der Waals surface area contributed by atoms with Gasteiger partial charge in [-0.05, 0) is 25.1 Å². The highest BCUT2D eigenvalue weighted by Gasteiger charge is 2.33. The molecular formula is C18H19F3N2O5. The lowest BCUT2D eigenvalue weighted by molar-refractivity contribution is -0.137. The Morgan fingerprint density at radius 1 is 1.25 bits per heavy atom. The van der Waals surface area contributed by atoms with Gasteiger partial charge in [-0.25, -0.2) is 9.59 Å². The maximum Gasteiger partial charge on any atom is 0.416 e. The molecule has 1 aromatic carbocycles. The fourth-order valence-electron chi connectivity index (χ4n) is 2.78. The second-order valence-corrected chi connectivity index (χ2v) is 6.09. The molecule has 152 valence electrons. The van der Waals surface area contributed by atoms with E-state index in [2.05, 4.69) is 5.32 Å². The van der Waals surface area contributed by atoms with Gasteiger partial charge in [-0.1, -0.05) is 0 Å². The molecule has 1 saturated heterocycles. The van der Waals surface area contributed by atoms with Crippen LogP contribution in [-0.2, 0) is 15.8 Å². The van der Waals surface area contributed by atoms with Crippen LogP contribution in [-0.4, -0.2) is 47.8 Å². The first-order chi connectivity index (χ1) is 13.1. The summed E-state index contributed by atoms with van der Waals surface area (Å²) in [5, 5.41) is 19.3. The predicted molar refractivity (Wildman–Crippen MR) is 95.3 cm³/mol. The number of piperazine rings is 1. The first-order valence-corrected chi connectivity index (χ1v) is 8.29. The van der Waals surface area contributed by atoms with E-state index in [1.807, 2.05) is 11.8 Å². The number of aliphatic carboxylic acids is 2. The lowest BCUT2D eigenvalue weighted by atomic mass is 10.1. The molecule has 1 aliphatic heterocycles. The van der Waals surface area contributed by atoms with Crippen LogP contribution >= 0.6 is 0 Å². The second-order valence-electron chi connectivity index (χ2n) is 6.09. The summed E-state index contributed by atoms with van der Waals surface area (Å²) in [5.41, 5.74) is 0.410. The molecule has 0 spiro atoms. The second kappa shape index (κ2) is 8.79. The quantitative estimate of drug-likeness (QED) is 0.681. The van der Waals surface area contributed by atoms with Crippen LogP contribution < -0.4 is 10.2 Å². The van der Waals surface area contributed by atoms with Crippen LogP contribution in [0, 0.1) is 0 Å². The number of carboxylic acids is 2. The van der Waals surface area contributed by atoms with Crippen molar-refractivity contribution in [3.8, 4) is 0 Å². The fraction of sp³-hybridized carbons (Fsp3) is 0.333. The number of carbonyl (C=O) groups is 2. The first-order valence-electron chi connectivity index (χ1n) is 8.29.